The lowest BCUT2D eigenvalue weighted by atomic mass is 10.2. The van der Waals surface area contributed by atoms with E-state index in [1.54, 1.807) is 28.7 Å². The van der Waals surface area contributed by atoms with Crippen LogP contribution in [0.1, 0.15) is 27.4 Å². The molecular weight excluding hydrogens is 322 g/mol. The highest BCUT2D eigenvalue weighted by Gasteiger charge is 2.25. The number of nitrogens with one attached hydrogen (secondary N) is 1. The third kappa shape index (κ3) is 2.56. The first kappa shape index (κ1) is 14.9. The van der Waals surface area contributed by atoms with Crippen LogP contribution in [0.15, 0.2) is 41.4 Å². The Kier molecular flexibility index (Phi) is 3.57. The second-order valence-electron chi connectivity index (χ2n) is 5.70. The van der Waals surface area contributed by atoms with Gasteiger partial charge in [0.05, 0.1) is 11.4 Å². The Morgan fingerprint density at radius 2 is 2.12 bits per heavy atom. The summed E-state index contributed by atoms with van der Waals surface area (Å²) in [6.45, 7) is 3.94. The number of fused-ring (bicyclic) bond motifs is 3. The Hall–Kier alpha value is -2.67. The van der Waals surface area contributed by atoms with E-state index in [2.05, 4.69) is 33.6 Å². The van der Waals surface area contributed by atoms with Crippen LogP contribution in [0.4, 0.5) is 5.69 Å². The molecule has 0 fully saturated rings. The number of anilines is 1. The zero-order valence-corrected chi connectivity index (χ0v) is 14.1. The number of thioether (sulfide) groups is 1. The molecule has 0 radical (unpaired) electrons. The van der Waals surface area contributed by atoms with Gasteiger partial charge in [-0.25, -0.2) is 4.68 Å². The fraction of sp³-hybridized carbons (Fsp3) is 0.176. The zero-order chi connectivity index (χ0) is 16.7. The number of hydrogen-bond acceptors (Lipinski definition) is 5. The largest absolute Gasteiger partial charge is 0.320 e. The van der Waals surface area contributed by atoms with E-state index in [9.17, 15) is 4.79 Å². The minimum atomic E-state index is -0.252. The molecule has 0 spiro atoms. The van der Waals surface area contributed by atoms with Gasteiger partial charge in [0.2, 0.25) is 0 Å². The zero-order valence-electron chi connectivity index (χ0n) is 13.3. The van der Waals surface area contributed by atoms with Crippen LogP contribution in [0, 0.1) is 13.8 Å². The minimum Gasteiger partial charge on any atom is -0.320 e. The molecule has 0 aliphatic carbocycles. The van der Waals surface area contributed by atoms with E-state index in [-0.39, 0.29) is 5.91 Å². The first-order valence-electron chi connectivity index (χ1n) is 7.54. The molecule has 1 aromatic carbocycles. The van der Waals surface area contributed by atoms with Gasteiger partial charge in [-0.1, -0.05) is 11.3 Å². The molecule has 24 heavy (non-hydrogen) atoms. The summed E-state index contributed by atoms with van der Waals surface area (Å²) in [5.41, 5.74) is 4.91. The van der Waals surface area contributed by atoms with E-state index in [0.29, 0.717) is 17.1 Å². The maximum absolute atomic E-state index is 12.6. The van der Waals surface area contributed by atoms with Crippen molar-refractivity contribution in [2.75, 3.05) is 5.32 Å². The normalized spacial score (nSPS) is 12.4. The van der Waals surface area contributed by atoms with Crippen molar-refractivity contribution in [2.24, 2.45) is 0 Å². The third-order valence-electron chi connectivity index (χ3n) is 3.84. The summed E-state index contributed by atoms with van der Waals surface area (Å²) in [4.78, 5) is 17.9. The predicted octanol–water partition coefficient (Wildman–Crippen LogP) is 3.14. The Balaban J connectivity index is 1.67. The van der Waals surface area contributed by atoms with Gasteiger partial charge in [0.25, 0.3) is 5.91 Å². The molecule has 4 rings (SSSR count). The molecule has 0 saturated heterocycles. The molecule has 3 aromatic rings. The number of carbonyl (C=O) groups excluding carboxylic acids is 1. The maximum atomic E-state index is 12.6. The van der Waals surface area contributed by atoms with E-state index in [1.165, 1.54) is 5.56 Å². The van der Waals surface area contributed by atoms with E-state index in [1.807, 2.05) is 25.1 Å². The van der Waals surface area contributed by atoms with E-state index in [4.69, 9.17) is 0 Å². The number of aryl methyl sites for hydroxylation is 2. The molecule has 0 atom stereocenters. The molecule has 1 aliphatic rings. The van der Waals surface area contributed by atoms with Crippen molar-refractivity contribution in [3.05, 3.63) is 59.2 Å². The van der Waals surface area contributed by atoms with Crippen LogP contribution in [-0.4, -0.2) is 25.9 Å². The van der Waals surface area contributed by atoms with Crippen molar-refractivity contribution in [1.29, 1.82) is 0 Å². The van der Waals surface area contributed by atoms with E-state index in [0.717, 1.165) is 22.0 Å². The van der Waals surface area contributed by atoms with Gasteiger partial charge in [0.1, 0.15) is 0 Å². The molecule has 2 aromatic heterocycles. The van der Waals surface area contributed by atoms with Gasteiger partial charge in [-0.3, -0.25) is 9.78 Å². The number of benzene rings is 1. The Morgan fingerprint density at radius 3 is 2.96 bits per heavy atom. The summed E-state index contributed by atoms with van der Waals surface area (Å²) in [5.74, 6) is 0.416. The summed E-state index contributed by atoms with van der Waals surface area (Å²) in [6, 6.07) is 9.76. The number of hydrogen-bond donors (Lipinski definition) is 1. The first-order chi connectivity index (χ1) is 11.6. The molecule has 1 N–H and O–H groups in total. The fourth-order valence-electron chi connectivity index (χ4n) is 2.67. The second kappa shape index (κ2) is 5.76. The van der Waals surface area contributed by atoms with Crippen molar-refractivity contribution in [1.82, 2.24) is 20.0 Å². The SMILES string of the molecule is Cc1ccc2c(c1)SCc1c(C(=O)Nc3ccnc(C)c3)nnn1-2. The minimum absolute atomic E-state index is 0.252. The summed E-state index contributed by atoms with van der Waals surface area (Å²) in [7, 11) is 0. The van der Waals surface area contributed by atoms with Gasteiger partial charge in [-0.2, -0.15) is 0 Å². The maximum Gasteiger partial charge on any atom is 0.278 e. The molecule has 0 unspecified atom stereocenters. The van der Waals surface area contributed by atoms with Gasteiger partial charge in [-0.05, 0) is 43.7 Å². The van der Waals surface area contributed by atoms with Crippen molar-refractivity contribution in [2.45, 2.75) is 24.5 Å². The molecular formula is C17H15N5OS. The van der Waals surface area contributed by atoms with Crippen LogP contribution in [0.3, 0.4) is 0 Å². The van der Waals surface area contributed by atoms with E-state index < -0.39 is 0 Å². The number of carbonyl (C=O) groups is 1. The molecule has 6 nitrogen and oxygen atoms in total. The van der Waals surface area contributed by atoms with Gasteiger partial charge in [-0.15, -0.1) is 16.9 Å². The van der Waals surface area contributed by atoms with E-state index >= 15 is 0 Å². The van der Waals surface area contributed by atoms with Gasteiger partial charge < -0.3 is 5.32 Å². The fourth-order valence-corrected chi connectivity index (χ4v) is 3.80. The molecule has 120 valence electrons. The lowest BCUT2D eigenvalue weighted by Crippen LogP contribution is -2.16. The quantitative estimate of drug-likeness (QED) is 0.778. The first-order valence-corrected chi connectivity index (χ1v) is 8.53. The van der Waals surface area contributed by atoms with Crippen LogP contribution in [-0.2, 0) is 5.75 Å². The average molecular weight is 337 g/mol. The molecule has 1 aliphatic heterocycles. The third-order valence-corrected chi connectivity index (χ3v) is 4.90. The standard InChI is InChI=1S/C17H15N5OS/c1-10-3-4-13-15(7-10)24-9-14-16(20-21-22(13)14)17(23)19-12-5-6-18-11(2)8-12/h3-8H,9H2,1-2H3,(H,18,19,23). The van der Waals surface area contributed by atoms with Gasteiger partial charge in [0, 0.05) is 28.2 Å². The average Bonchev–Trinajstić information content (AvgIpc) is 2.99. The number of aromatic nitrogens is 4. The number of nitrogens with zero attached hydrogens (tertiary/aromatic N) is 4. The van der Waals surface area contributed by atoms with Crippen molar-refractivity contribution in [3.8, 4) is 5.69 Å². The van der Waals surface area contributed by atoms with Crippen LogP contribution < -0.4 is 5.32 Å². The topological polar surface area (TPSA) is 72.7 Å². The Bertz CT molecular complexity index is 950. The highest BCUT2D eigenvalue weighted by molar-refractivity contribution is 7.98. The van der Waals surface area contributed by atoms with Crippen LogP contribution in [0.5, 0.6) is 0 Å². The summed E-state index contributed by atoms with van der Waals surface area (Å²) >= 11 is 1.70. The highest BCUT2D eigenvalue weighted by Crippen LogP contribution is 2.36. The summed E-state index contributed by atoms with van der Waals surface area (Å²) < 4.78 is 1.76. The van der Waals surface area contributed by atoms with Crippen LogP contribution in [0.2, 0.25) is 0 Å². The summed E-state index contributed by atoms with van der Waals surface area (Å²) in [6.07, 6.45) is 1.67. The smallest absolute Gasteiger partial charge is 0.278 e. The molecule has 3 heterocycles. The molecule has 1 amide bonds. The van der Waals surface area contributed by atoms with Gasteiger partial charge >= 0.3 is 0 Å². The monoisotopic (exact) mass is 337 g/mol. The molecule has 0 saturated carbocycles. The molecule has 7 heteroatoms. The number of amides is 1. The van der Waals surface area contributed by atoms with Gasteiger partial charge in [0.15, 0.2) is 5.69 Å². The highest BCUT2D eigenvalue weighted by atomic mass is 32.2. The second-order valence-corrected chi connectivity index (χ2v) is 6.71. The van der Waals surface area contributed by atoms with Crippen molar-refractivity contribution >= 4 is 23.4 Å². The lowest BCUT2D eigenvalue weighted by molar-refractivity contribution is 0.102. The summed E-state index contributed by atoms with van der Waals surface area (Å²) in [5, 5.41) is 11.2. The predicted molar refractivity (Wildman–Crippen MR) is 92.6 cm³/mol. The molecule has 0 bridgehead atoms. The van der Waals surface area contributed by atoms with Crippen LogP contribution in [0.25, 0.3) is 5.69 Å². The number of rotatable bonds is 2. The van der Waals surface area contributed by atoms with Crippen molar-refractivity contribution in [3.63, 3.8) is 0 Å². The lowest BCUT2D eigenvalue weighted by Gasteiger charge is -2.17. The van der Waals surface area contributed by atoms with Crippen molar-refractivity contribution < 1.29 is 4.79 Å². The Labute approximate surface area is 143 Å². The number of pyridine rings is 1. The Morgan fingerprint density at radius 1 is 1.25 bits per heavy atom. The van der Waals surface area contributed by atoms with Crippen LogP contribution >= 0.6 is 11.8 Å².